The van der Waals surface area contributed by atoms with Crippen LogP contribution in [0.1, 0.15) is 17.9 Å². The SMILES string of the molecule is O=C(CCc1ccc(-c2ccc(Cl)cc2)[nH]1)N(CCO)Cc1ncc[nH]1. The Kier molecular flexibility index (Phi) is 6.09. The predicted octanol–water partition coefficient (Wildman–Crippen LogP) is 3.01. The maximum Gasteiger partial charge on any atom is 0.223 e. The number of hydrogen-bond donors (Lipinski definition) is 3. The van der Waals surface area contributed by atoms with Crippen LogP contribution >= 0.6 is 11.6 Å². The van der Waals surface area contributed by atoms with E-state index in [9.17, 15) is 9.90 Å². The van der Waals surface area contributed by atoms with Crippen LogP contribution in [0.25, 0.3) is 11.3 Å². The van der Waals surface area contributed by atoms with E-state index in [1.165, 1.54) is 0 Å². The van der Waals surface area contributed by atoms with Gasteiger partial charge in [-0.25, -0.2) is 4.98 Å². The lowest BCUT2D eigenvalue weighted by molar-refractivity contribution is -0.132. The Morgan fingerprint density at radius 1 is 1.19 bits per heavy atom. The van der Waals surface area contributed by atoms with E-state index in [0.717, 1.165) is 17.0 Å². The first kappa shape index (κ1) is 18.2. The van der Waals surface area contributed by atoms with Gasteiger partial charge in [0.2, 0.25) is 5.91 Å². The average molecular weight is 373 g/mol. The van der Waals surface area contributed by atoms with Gasteiger partial charge < -0.3 is 20.0 Å². The first-order valence-electron chi connectivity index (χ1n) is 8.46. The minimum absolute atomic E-state index is 0.0157. The number of halogens is 1. The van der Waals surface area contributed by atoms with Crippen LogP contribution in [0.2, 0.25) is 5.02 Å². The number of nitrogens with one attached hydrogen (secondary N) is 2. The smallest absolute Gasteiger partial charge is 0.223 e. The molecule has 0 unspecified atom stereocenters. The highest BCUT2D eigenvalue weighted by molar-refractivity contribution is 6.30. The number of benzene rings is 1. The highest BCUT2D eigenvalue weighted by Gasteiger charge is 2.15. The molecule has 3 N–H and O–H groups in total. The van der Waals surface area contributed by atoms with E-state index in [4.69, 9.17) is 11.6 Å². The summed E-state index contributed by atoms with van der Waals surface area (Å²) in [6.45, 7) is 0.586. The molecular formula is C19H21ClN4O2. The Hall–Kier alpha value is -2.57. The maximum atomic E-state index is 12.5. The molecule has 0 aliphatic carbocycles. The van der Waals surface area contributed by atoms with Gasteiger partial charge in [-0.15, -0.1) is 0 Å². The second-order valence-electron chi connectivity index (χ2n) is 5.98. The number of aromatic amines is 2. The summed E-state index contributed by atoms with van der Waals surface area (Å²) in [5.74, 6) is 0.690. The molecule has 0 saturated heterocycles. The number of hydrogen-bond acceptors (Lipinski definition) is 3. The average Bonchev–Trinajstić information content (AvgIpc) is 3.32. The van der Waals surface area contributed by atoms with E-state index in [-0.39, 0.29) is 12.5 Å². The lowest BCUT2D eigenvalue weighted by Crippen LogP contribution is -2.33. The van der Waals surface area contributed by atoms with Crippen molar-refractivity contribution in [3.05, 3.63) is 65.3 Å². The summed E-state index contributed by atoms with van der Waals surface area (Å²) in [6, 6.07) is 11.6. The standard InChI is InChI=1S/C19H21ClN4O2/c20-15-3-1-14(2-4-15)17-7-5-16(23-17)6-8-19(26)24(11-12-25)13-18-21-9-10-22-18/h1-5,7,9-10,23,25H,6,8,11-13H2,(H,21,22). The van der Waals surface area contributed by atoms with Gasteiger partial charge in [-0.1, -0.05) is 23.7 Å². The first-order valence-corrected chi connectivity index (χ1v) is 8.84. The van der Waals surface area contributed by atoms with Gasteiger partial charge in [0, 0.05) is 41.8 Å². The molecule has 6 nitrogen and oxygen atoms in total. The van der Waals surface area contributed by atoms with Crippen LogP contribution in [-0.2, 0) is 17.8 Å². The molecule has 2 aromatic heterocycles. The molecule has 26 heavy (non-hydrogen) atoms. The minimum Gasteiger partial charge on any atom is -0.395 e. The summed E-state index contributed by atoms with van der Waals surface area (Å²) in [5.41, 5.74) is 3.03. The predicted molar refractivity (Wildman–Crippen MR) is 101 cm³/mol. The fourth-order valence-electron chi connectivity index (χ4n) is 2.76. The van der Waals surface area contributed by atoms with Crippen molar-refractivity contribution in [2.75, 3.05) is 13.2 Å². The normalized spacial score (nSPS) is 10.8. The number of carbonyl (C=O) groups is 1. The van der Waals surface area contributed by atoms with Crippen molar-refractivity contribution in [2.45, 2.75) is 19.4 Å². The maximum absolute atomic E-state index is 12.5. The third-order valence-corrected chi connectivity index (χ3v) is 4.38. The topological polar surface area (TPSA) is 85.0 Å². The van der Waals surface area contributed by atoms with Crippen molar-refractivity contribution in [1.29, 1.82) is 0 Å². The molecule has 2 heterocycles. The van der Waals surface area contributed by atoms with E-state index >= 15 is 0 Å². The Morgan fingerprint density at radius 2 is 2.00 bits per heavy atom. The van der Waals surface area contributed by atoms with E-state index in [2.05, 4.69) is 15.0 Å². The van der Waals surface area contributed by atoms with Crippen LogP contribution in [0.3, 0.4) is 0 Å². The lowest BCUT2D eigenvalue weighted by atomic mass is 10.2. The molecule has 0 bridgehead atoms. The zero-order valence-electron chi connectivity index (χ0n) is 14.3. The molecule has 1 amide bonds. The van der Waals surface area contributed by atoms with Crippen LogP contribution < -0.4 is 0 Å². The fourth-order valence-corrected chi connectivity index (χ4v) is 2.89. The van der Waals surface area contributed by atoms with Gasteiger partial charge in [0.15, 0.2) is 0 Å². The molecule has 3 aromatic rings. The molecule has 0 fully saturated rings. The van der Waals surface area contributed by atoms with Crippen molar-refractivity contribution >= 4 is 17.5 Å². The van der Waals surface area contributed by atoms with Crippen LogP contribution in [0.4, 0.5) is 0 Å². The van der Waals surface area contributed by atoms with Crippen molar-refractivity contribution in [3.63, 3.8) is 0 Å². The van der Waals surface area contributed by atoms with Crippen molar-refractivity contribution in [3.8, 4) is 11.3 Å². The number of aryl methyl sites for hydroxylation is 1. The zero-order valence-corrected chi connectivity index (χ0v) is 15.0. The Morgan fingerprint density at radius 3 is 2.69 bits per heavy atom. The fraction of sp³-hybridized carbons (Fsp3) is 0.263. The monoisotopic (exact) mass is 372 g/mol. The first-order chi connectivity index (χ1) is 12.7. The molecule has 0 aliphatic rings. The van der Waals surface area contributed by atoms with Gasteiger partial charge in [-0.3, -0.25) is 4.79 Å². The molecular weight excluding hydrogens is 352 g/mol. The van der Waals surface area contributed by atoms with Crippen LogP contribution in [-0.4, -0.2) is 44.0 Å². The summed E-state index contributed by atoms with van der Waals surface area (Å²) in [7, 11) is 0. The largest absolute Gasteiger partial charge is 0.395 e. The number of aliphatic hydroxyl groups is 1. The molecule has 0 saturated carbocycles. The highest BCUT2D eigenvalue weighted by atomic mass is 35.5. The summed E-state index contributed by atoms with van der Waals surface area (Å²) in [5, 5.41) is 9.91. The molecule has 0 atom stereocenters. The van der Waals surface area contributed by atoms with E-state index in [1.54, 1.807) is 17.3 Å². The molecule has 0 radical (unpaired) electrons. The van der Waals surface area contributed by atoms with Crippen molar-refractivity contribution in [2.24, 2.45) is 0 Å². The second-order valence-corrected chi connectivity index (χ2v) is 6.42. The van der Waals surface area contributed by atoms with Gasteiger partial charge in [0.25, 0.3) is 0 Å². The summed E-state index contributed by atoms with van der Waals surface area (Å²) in [4.78, 5) is 24.6. The van der Waals surface area contributed by atoms with Gasteiger partial charge in [0.1, 0.15) is 5.82 Å². The highest BCUT2D eigenvalue weighted by Crippen LogP contribution is 2.21. The third-order valence-electron chi connectivity index (χ3n) is 4.13. The summed E-state index contributed by atoms with van der Waals surface area (Å²) < 4.78 is 0. The van der Waals surface area contributed by atoms with E-state index in [1.807, 2.05) is 36.4 Å². The minimum atomic E-state index is -0.0737. The summed E-state index contributed by atoms with van der Waals surface area (Å²) >= 11 is 5.92. The number of rotatable bonds is 8. The van der Waals surface area contributed by atoms with E-state index in [0.29, 0.717) is 36.8 Å². The number of amides is 1. The number of carbonyl (C=O) groups excluding carboxylic acids is 1. The van der Waals surface area contributed by atoms with Crippen molar-refractivity contribution < 1.29 is 9.90 Å². The third kappa shape index (κ3) is 4.74. The molecule has 7 heteroatoms. The summed E-state index contributed by atoms with van der Waals surface area (Å²) in [6.07, 6.45) is 4.33. The van der Waals surface area contributed by atoms with Gasteiger partial charge in [-0.05, 0) is 36.2 Å². The molecule has 3 rings (SSSR count). The molecule has 0 spiro atoms. The van der Waals surface area contributed by atoms with Crippen molar-refractivity contribution in [1.82, 2.24) is 19.9 Å². The molecule has 136 valence electrons. The quantitative estimate of drug-likeness (QED) is 0.568. The van der Waals surface area contributed by atoms with Gasteiger partial charge in [0.05, 0.1) is 13.2 Å². The number of nitrogens with zero attached hydrogens (tertiary/aromatic N) is 2. The Labute approximate surface area is 156 Å². The lowest BCUT2D eigenvalue weighted by Gasteiger charge is -2.20. The second kappa shape index (κ2) is 8.69. The Bertz CT molecular complexity index is 828. The van der Waals surface area contributed by atoms with Crippen LogP contribution in [0.5, 0.6) is 0 Å². The number of H-pyrrole nitrogens is 2. The van der Waals surface area contributed by atoms with Gasteiger partial charge >= 0.3 is 0 Å². The Balaban J connectivity index is 1.58. The van der Waals surface area contributed by atoms with E-state index < -0.39 is 0 Å². The molecule has 0 aliphatic heterocycles. The number of aromatic nitrogens is 3. The molecule has 1 aromatic carbocycles. The number of aliphatic hydroxyl groups excluding tert-OH is 1. The number of imidazole rings is 1. The zero-order chi connectivity index (χ0) is 18.4. The van der Waals surface area contributed by atoms with Crippen LogP contribution in [0.15, 0.2) is 48.8 Å². The van der Waals surface area contributed by atoms with Gasteiger partial charge in [-0.2, -0.15) is 0 Å². The van der Waals surface area contributed by atoms with Crippen LogP contribution in [0, 0.1) is 0 Å².